The summed E-state index contributed by atoms with van der Waals surface area (Å²) in [6.45, 7) is 2.91. The molecule has 0 aliphatic carbocycles. The van der Waals surface area contributed by atoms with E-state index in [9.17, 15) is 9.90 Å². The molecule has 0 aromatic heterocycles. The van der Waals surface area contributed by atoms with E-state index in [-0.39, 0.29) is 6.04 Å². The summed E-state index contributed by atoms with van der Waals surface area (Å²) < 4.78 is 0. The summed E-state index contributed by atoms with van der Waals surface area (Å²) in [5.41, 5.74) is 1.35. The molecular weight excluding hydrogens is 286 g/mol. The minimum Gasteiger partial charge on any atom is -0.481 e. The fourth-order valence-electron chi connectivity index (χ4n) is 3.77. The second kappa shape index (κ2) is 6.45. The molecule has 23 heavy (non-hydrogen) atoms. The van der Waals surface area contributed by atoms with Gasteiger partial charge in [-0.1, -0.05) is 55.5 Å². The lowest BCUT2D eigenvalue weighted by molar-refractivity contribution is -0.145. The molecule has 1 aliphatic rings. The molecule has 0 saturated carbocycles. The Kier molecular flexibility index (Phi) is 4.37. The number of piperidine rings is 1. The van der Waals surface area contributed by atoms with Gasteiger partial charge < -0.3 is 10.0 Å². The third-order valence-electron chi connectivity index (χ3n) is 5.10. The van der Waals surface area contributed by atoms with E-state index in [1.165, 1.54) is 5.69 Å². The lowest BCUT2D eigenvalue weighted by atomic mass is 9.70. The van der Waals surface area contributed by atoms with Crippen LogP contribution in [-0.2, 0) is 10.2 Å². The quantitative estimate of drug-likeness (QED) is 0.925. The van der Waals surface area contributed by atoms with Crippen LogP contribution < -0.4 is 4.90 Å². The van der Waals surface area contributed by atoms with E-state index in [0.717, 1.165) is 18.5 Å². The molecule has 1 fully saturated rings. The van der Waals surface area contributed by atoms with Gasteiger partial charge in [-0.25, -0.2) is 0 Å². The van der Waals surface area contributed by atoms with Gasteiger partial charge in [0.15, 0.2) is 0 Å². The number of hydrogen-bond donors (Lipinski definition) is 1. The number of aliphatic carboxylic acids is 1. The summed E-state index contributed by atoms with van der Waals surface area (Å²) in [5, 5.41) is 9.99. The first-order valence-corrected chi connectivity index (χ1v) is 8.28. The first kappa shape index (κ1) is 15.6. The van der Waals surface area contributed by atoms with Gasteiger partial charge in [0.1, 0.15) is 0 Å². The Balaban J connectivity index is 1.94. The van der Waals surface area contributed by atoms with Crippen LogP contribution in [0.5, 0.6) is 0 Å². The maximum atomic E-state index is 12.2. The molecule has 1 aliphatic heterocycles. The highest BCUT2D eigenvalue weighted by molar-refractivity contribution is 5.82. The zero-order chi connectivity index (χ0) is 16.3. The number of nitrogens with zero attached hydrogens (tertiary/aromatic N) is 1. The second-order valence-corrected chi connectivity index (χ2v) is 6.30. The Morgan fingerprint density at radius 1 is 1.13 bits per heavy atom. The Hall–Kier alpha value is -2.29. The van der Waals surface area contributed by atoms with E-state index >= 15 is 0 Å². The predicted molar refractivity (Wildman–Crippen MR) is 92.9 cm³/mol. The lowest BCUT2D eigenvalue weighted by Gasteiger charge is -2.45. The average molecular weight is 309 g/mol. The molecule has 1 N–H and O–H groups in total. The van der Waals surface area contributed by atoms with Crippen LogP contribution in [0.25, 0.3) is 0 Å². The van der Waals surface area contributed by atoms with Crippen molar-refractivity contribution < 1.29 is 9.90 Å². The third kappa shape index (κ3) is 2.83. The molecule has 0 bridgehead atoms. The van der Waals surface area contributed by atoms with Crippen molar-refractivity contribution in [3.05, 3.63) is 66.2 Å². The minimum atomic E-state index is -0.771. The molecule has 2 unspecified atom stereocenters. The Morgan fingerprint density at radius 3 is 2.30 bits per heavy atom. The van der Waals surface area contributed by atoms with Crippen molar-refractivity contribution in [2.45, 2.75) is 37.6 Å². The molecule has 1 saturated heterocycles. The molecule has 120 valence electrons. The van der Waals surface area contributed by atoms with Crippen LogP contribution in [0.2, 0.25) is 0 Å². The molecule has 3 heteroatoms. The van der Waals surface area contributed by atoms with Crippen molar-refractivity contribution in [3.63, 3.8) is 0 Å². The monoisotopic (exact) mass is 309 g/mol. The highest BCUT2D eigenvalue weighted by Gasteiger charge is 2.46. The summed E-state index contributed by atoms with van der Waals surface area (Å²) in [5.74, 6) is -0.699. The number of anilines is 1. The van der Waals surface area contributed by atoms with Gasteiger partial charge >= 0.3 is 5.97 Å². The van der Waals surface area contributed by atoms with Crippen molar-refractivity contribution in [2.75, 3.05) is 11.4 Å². The van der Waals surface area contributed by atoms with E-state index in [0.29, 0.717) is 12.8 Å². The fraction of sp³-hybridized carbons (Fsp3) is 0.350. The van der Waals surface area contributed by atoms with E-state index in [1.54, 1.807) is 0 Å². The number of hydrogen-bond acceptors (Lipinski definition) is 2. The standard InChI is InChI=1S/C20H23NO2/c1-2-17-15-20(19(22)23,16-9-5-3-6-10-16)13-14-21(17)18-11-7-4-8-12-18/h3-12,17H,2,13-15H2,1H3,(H,22,23). The number of carboxylic acid groups (broad SMARTS) is 1. The van der Waals surface area contributed by atoms with Crippen LogP contribution in [0, 0.1) is 0 Å². The molecule has 2 aromatic carbocycles. The zero-order valence-corrected chi connectivity index (χ0v) is 13.5. The van der Waals surface area contributed by atoms with Crippen LogP contribution in [0.15, 0.2) is 60.7 Å². The van der Waals surface area contributed by atoms with E-state index in [2.05, 4.69) is 24.0 Å². The summed E-state index contributed by atoms with van der Waals surface area (Å²) in [4.78, 5) is 14.5. The van der Waals surface area contributed by atoms with Gasteiger partial charge in [0.2, 0.25) is 0 Å². The number of carboxylic acids is 1. The van der Waals surface area contributed by atoms with E-state index in [4.69, 9.17) is 0 Å². The van der Waals surface area contributed by atoms with Crippen LogP contribution in [-0.4, -0.2) is 23.7 Å². The van der Waals surface area contributed by atoms with Crippen molar-refractivity contribution >= 4 is 11.7 Å². The molecule has 3 rings (SSSR count). The summed E-state index contributed by atoms with van der Waals surface area (Å²) in [7, 11) is 0. The maximum Gasteiger partial charge on any atom is 0.314 e. The minimum absolute atomic E-state index is 0.238. The number of para-hydroxylation sites is 1. The topological polar surface area (TPSA) is 40.5 Å². The summed E-state index contributed by atoms with van der Waals surface area (Å²) in [6.07, 6.45) is 2.23. The van der Waals surface area contributed by atoms with Crippen molar-refractivity contribution in [1.82, 2.24) is 0 Å². The van der Waals surface area contributed by atoms with Gasteiger partial charge in [0.05, 0.1) is 5.41 Å². The highest BCUT2D eigenvalue weighted by Crippen LogP contribution is 2.41. The van der Waals surface area contributed by atoms with Crippen LogP contribution in [0.4, 0.5) is 5.69 Å². The SMILES string of the molecule is CCC1CC(C(=O)O)(c2ccccc2)CCN1c1ccccc1. The maximum absolute atomic E-state index is 12.2. The Labute approximate surface area is 137 Å². The van der Waals surface area contributed by atoms with Crippen molar-refractivity contribution in [2.24, 2.45) is 0 Å². The molecule has 0 radical (unpaired) electrons. The third-order valence-corrected chi connectivity index (χ3v) is 5.10. The van der Waals surface area contributed by atoms with Crippen LogP contribution >= 0.6 is 0 Å². The average Bonchev–Trinajstić information content (AvgIpc) is 2.62. The Morgan fingerprint density at radius 2 is 1.74 bits per heavy atom. The molecule has 2 aromatic rings. The molecule has 0 amide bonds. The summed E-state index contributed by atoms with van der Waals surface area (Å²) in [6, 6.07) is 20.3. The normalized spacial score (nSPS) is 24.4. The Bertz CT molecular complexity index is 656. The molecule has 1 heterocycles. The van der Waals surface area contributed by atoms with Gasteiger partial charge in [-0.15, -0.1) is 0 Å². The number of carbonyl (C=O) groups is 1. The van der Waals surface area contributed by atoms with Gasteiger partial charge in [0.25, 0.3) is 0 Å². The van der Waals surface area contributed by atoms with Gasteiger partial charge in [-0.05, 0) is 37.0 Å². The first-order chi connectivity index (χ1) is 11.2. The van der Waals surface area contributed by atoms with Gasteiger partial charge in [-0.2, -0.15) is 0 Å². The molecule has 0 spiro atoms. The molecular formula is C20H23NO2. The molecule has 3 nitrogen and oxygen atoms in total. The van der Waals surface area contributed by atoms with Crippen LogP contribution in [0.3, 0.4) is 0 Å². The second-order valence-electron chi connectivity index (χ2n) is 6.30. The van der Waals surface area contributed by atoms with Crippen molar-refractivity contribution in [3.8, 4) is 0 Å². The first-order valence-electron chi connectivity index (χ1n) is 8.28. The van der Waals surface area contributed by atoms with E-state index < -0.39 is 11.4 Å². The van der Waals surface area contributed by atoms with E-state index in [1.807, 2.05) is 48.5 Å². The predicted octanol–water partition coefficient (Wildman–Crippen LogP) is 4.09. The highest BCUT2D eigenvalue weighted by atomic mass is 16.4. The number of benzene rings is 2. The largest absolute Gasteiger partial charge is 0.481 e. The summed E-state index contributed by atoms with van der Waals surface area (Å²) >= 11 is 0. The van der Waals surface area contributed by atoms with Gasteiger partial charge in [0, 0.05) is 18.3 Å². The smallest absolute Gasteiger partial charge is 0.314 e. The van der Waals surface area contributed by atoms with Gasteiger partial charge in [-0.3, -0.25) is 4.79 Å². The lowest BCUT2D eigenvalue weighted by Crippen LogP contribution is -2.52. The zero-order valence-electron chi connectivity index (χ0n) is 13.5. The van der Waals surface area contributed by atoms with Crippen molar-refractivity contribution in [1.29, 1.82) is 0 Å². The number of rotatable bonds is 4. The molecule has 2 atom stereocenters. The fourth-order valence-corrected chi connectivity index (χ4v) is 3.77. The van der Waals surface area contributed by atoms with Crippen LogP contribution in [0.1, 0.15) is 31.7 Å².